The lowest BCUT2D eigenvalue weighted by Gasteiger charge is -2.37. The summed E-state index contributed by atoms with van der Waals surface area (Å²) >= 11 is 0. The molecule has 27 heavy (non-hydrogen) atoms. The van der Waals surface area contributed by atoms with Crippen LogP contribution >= 0.6 is 0 Å². The summed E-state index contributed by atoms with van der Waals surface area (Å²) in [6.45, 7) is 7.99. The van der Waals surface area contributed by atoms with Crippen LogP contribution in [0.4, 0.5) is 9.18 Å². The van der Waals surface area contributed by atoms with E-state index in [9.17, 15) is 9.18 Å². The van der Waals surface area contributed by atoms with Crippen molar-refractivity contribution >= 4 is 6.09 Å². The Labute approximate surface area is 159 Å². The van der Waals surface area contributed by atoms with E-state index in [1.54, 1.807) is 30.2 Å². The maximum absolute atomic E-state index is 13.5. The maximum atomic E-state index is 13.5. The van der Waals surface area contributed by atoms with E-state index < -0.39 is 11.2 Å². The van der Waals surface area contributed by atoms with Gasteiger partial charge in [0, 0.05) is 31.5 Å². The van der Waals surface area contributed by atoms with Gasteiger partial charge in [-0.25, -0.2) is 14.2 Å². The van der Waals surface area contributed by atoms with E-state index in [0.29, 0.717) is 37.3 Å². The van der Waals surface area contributed by atoms with Crippen LogP contribution in [0.3, 0.4) is 0 Å². The topological polar surface area (TPSA) is 78.5 Å². The van der Waals surface area contributed by atoms with Gasteiger partial charge in [0.15, 0.2) is 0 Å². The summed E-state index contributed by atoms with van der Waals surface area (Å²) in [4.78, 5) is 21.5. The molecule has 2 N–H and O–H groups in total. The molecule has 1 amide bonds. The summed E-state index contributed by atoms with van der Waals surface area (Å²) in [5.41, 5.74) is 0.603. The SMILES string of the molecule is [3H]OC1(c2ncc(-c3ccc(F)c(C)c3)[nH]2)CCN(C(=O)OC(C)(C)C)CC1. The van der Waals surface area contributed by atoms with Crippen LogP contribution in [0, 0.1) is 12.7 Å². The predicted octanol–water partition coefficient (Wildman–Crippen LogP) is 3.74. The van der Waals surface area contributed by atoms with Crippen molar-refractivity contribution in [3.8, 4) is 11.3 Å². The van der Waals surface area contributed by atoms with E-state index in [4.69, 9.17) is 11.3 Å². The largest absolute Gasteiger partial charge is 0.444 e. The molecule has 1 aliphatic heterocycles. The smallest absolute Gasteiger partial charge is 0.410 e. The first-order chi connectivity index (χ1) is 13.1. The molecular formula is C20H26FN3O3. The average molecular weight is 377 g/mol. The minimum absolute atomic E-state index is 0.260. The second-order valence-corrected chi connectivity index (χ2v) is 8.07. The number of halogens is 1. The number of carbonyl (C=O) groups is 1. The molecule has 3 rings (SSSR count). The Balaban J connectivity index is 1.75. The first kappa shape index (κ1) is 18.0. The van der Waals surface area contributed by atoms with Crippen molar-refractivity contribution in [3.05, 3.63) is 41.6 Å². The van der Waals surface area contributed by atoms with Gasteiger partial charge in [-0.2, -0.15) is 0 Å². The van der Waals surface area contributed by atoms with Crippen molar-refractivity contribution in [2.45, 2.75) is 51.7 Å². The van der Waals surface area contributed by atoms with Crippen molar-refractivity contribution in [1.82, 2.24) is 14.9 Å². The number of nitrogens with one attached hydrogen (secondary N) is 1. The summed E-state index contributed by atoms with van der Waals surface area (Å²) < 4.78 is 26.6. The highest BCUT2D eigenvalue weighted by molar-refractivity contribution is 5.68. The fraction of sp³-hybridized carbons (Fsp3) is 0.500. The monoisotopic (exact) mass is 377 g/mol. The molecule has 1 fully saturated rings. The molecule has 0 atom stereocenters. The zero-order chi connectivity index (χ0) is 20.5. The lowest BCUT2D eigenvalue weighted by atomic mass is 9.91. The Morgan fingerprint density at radius 3 is 2.70 bits per heavy atom. The van der Waals surface area contributed by atoms with Crippen LogP contribution in [0.25, 0.3) is 11.3 Å². The van der Waals surface area contributed by atoms with Crippen LogP contribution in [0.2, 0.25) is 0 Å². The lowest BCUT2D eigenvalue weighted by molar-refractivity contribution is -0.0404. The van der Waals surface area contributed by atoms with E-state index in [0.717, 1.165) is 11.3 Å². The van der Waals surface area contributed by atoms with Crippen molar-refractivity contribution in [3.63, 3.8) is 0 Å². The molecule has 0 saturated carbocycles. The molecular weight excluding hydrogens is 349 g/mol. The number of likely N-dealkylation sites (tertiary alicyclic amines) is 1. The van der Waals surface area contributed by atoms with Gasteiger partial charge in [0.25, 0.3) is 0 Å². The zero-order valence-corrected chi connectivity index (χ0v) is 16.1. The highest BCUT2D eigenvalue weighted by Crippen LogP contribution is 2.33. The van der Waals surface area contributed by atoms with Gasteiger partial charge >= 0.3 is 6.09 Å². The fourth-order valence-electron chi connectivity index (χ4n) is 3.13. The molecule has 1 aromatic carbocycles. The lowest BCUT2D eigenvalue weighted by Crippen LogP contribution is -2.47. The summed E-state index contributed by atoms with van der Waals surface area (Å²) in [6.07, 6.45) is 2.13. The van der Waals surface area contributed by atoms with Crippen molar-refractivity contribution < 1.29 is 19.0 Å². The number of piperidine rings is 1. The summed E-state index contributed by atoms with van der Waals surface area (Å²) in [7, 11) is 0. The Kier molecular flexibility index (Phi) is 4.63. The number of aryl methyl sites for hydroxylation is 1. The molecule has 7 heteroatoms. The molecule has 0 unspecified atom stereocenters. The highest BCUT2D eigenvalue weighted by Gasteiger charge is 2.38. The van der Waals surface area contributed by atoms with Crippen molar-refractivity contribution in [2.24, 2.45) is 0 Å². The number of H-pyrrole nitrogens is 1. The third kappa shape index (κ3) is 4.30. The summed E-state index contributed by atoms with van der Waals surface area (Å²) in [5.74, 6) is 0.271. The molecule has 6 nitrogen and oxygen atoms in total. The van der Waals surface area contributed by atoms with Crippen LogP contribution < -0.4 is 0 Å². The van der Waals surface area contributed by atoms with Gasteiger partial charge in [0.05, 0.1) is 11.9 Å². The minimum Gasteiger partial charge on any atom is -0.444 e. The molecule has 1 aliphatic rings. The Morgan fingerprint density at radius 1 is 1.41 bits per heavy atom. The number of nitrogens with zero attached hydrogens (tertiary/aromatic N) is 2. The Hall–Kier alpha value is -2.41. The van der Waals surface area contributed by atoms with Gasteiger partial charge in [0.2, 0.25) is 1.43 Å². The van der Waals surface area contributed by atoms with Crippen molar-refractivity contribution in [2.75, 3.05) is 13.1 Å². The van der Waals surface area contributed by atoms with E-state index in [2.05, 4.69) is 9.97 Å². The number of aromatic nitrogens is 2. The normalized spacial score (nSPS) is 17.5. The number of hydrogen-bond donors (Lipinski definition) is 2. The number of rotatable bonds is 3. The van der Waals surface area contributed by atoms with Crippen LogP contribution in [0.15, 0.2) is 24.4 Å². The third-order valence-electron chi connectivity index (χ3n) is 4.70. The van der Waals surface area contributed by atoms with Crippen LogP contribution in [-0.4, -0.2) is 46.2 Å². The zero-order valence-electron chi connectivity index (χ0n) is 17.1. The number of carbonyl (C=O) groups excluding carboxylic acids is 1. The number of imidazole rings is 1. The van der Waals surface area contributed by atoms with Gasteiger partial charge in [-0.05, 0) is 51.5 Å². The molecule has 0 radical (unpaired) electrons. The average Bonchev–Trinajstić information content (AvgIpc) is 3.13. The highest BCUT2D eigenvalue weighted by atomic mass is 19.1. The summed E-state index contributed by atoms with van der Waals surface area (Å²) in [6, 6.07) is 4.84. The molecule has 0 aliphatic carbocycles. The summed E-state index contributed by atoms with van der Waals surface area (Å²) in [5, 5.41) is 5.10. The van der Waals surface area contributed by atoms with Crippen LogP contribution in [-0.2, 0) is 10.3 Å². The first-order valence-corrected chi connectivity index (χ1v) is 9.08. The molecule has 2 heterocycles. The first-order valence-electron chi connectivity index (χ1n) is 9.49. The Bertz CT molecular complexity index is 855. The van der Waals surface area contributed by atoms with E-state index in [1.165, 1.54) is 6.07 Å². The number of hydrogen-bond acceptors (Lipinski definition) is 4. The maximum Gasteiger partial charge on any atom is 0.410 e. The molecule has 1 saturated heterocycles. The van der Waals surface area contributed by atoms with Gasteiger partial charge in [-0.15, -0.1) is 0 Å². The number of aliphatic hydroxyl groups is 1. The van der Waals surface area contributed by atoms with Crippen molar-refractivity contribution in [1.29, 1.82) is 1.43 Å². The second-order valence-electron chi connectivity index (χ2n) is 8.07. The van der Waals surface area contributed by atoms with Gasteiger partial charge in [-0.1, -0.05) is 0 Å². The molecule has 0 bridgehead atoms. The molecule has 0 spiro atoms. The van der Waals surface area contributed by atoms with E-state index >= 15 is 0 Å². The Morgan fingerprint density at radius 2 is 2.11 bits per heavy atom. The number of amides is 1. The third-order valence-corrected chi connectivity index (χ3v) is 4.70. The number of benzene rings is 1. The number of aromatic amines is 1. The molecule has 146 valence electrons. The van der Waals surface area contributed by atoms with Gasteiger partial charge < -0.3 is 19.7 Å². The quantitative estimate of drug-likeness (QED) is 0.854. The van der Waals surface area contributed by atoms with Crippen LogP contribution in [0.5, 0.6) is 0 Å². The van der Waals surface area contributed by atoms with E-state index in [-0.39, 0.29) is 11.9 Å². The fourth-order valence-corrected chi connectivity index (χ4v) is 3.13. The van der Waals surface area contributed by atoms with Crippen LogP contribution in [0.1, 0.15) is 45.0 Å². The molecule has 1 aromatic heterocycles. The number of ether oxygens (including phenoxy) is 1. The van der Waals surface area contributed by atoms with Gasteiger partial charge in [0.1, 0.15) is 22.8 Å². The van der Waals surface area contributed by atoms with Gasteiger partial charge in [-0.3, -0.25) is 0 Å². The van der Waals surface area contributed by atoms with E-state index in [1.807, 2.05) is 20.8 Å². The minimum atomic E-state index is -0.925. The second kappa shape index (κ2) is 6.96. The molecule has 2 aromatic rings. The predicted molar refractivity (Wildman–Crippen MR) is 99.7 cm³/mol. The standard InChI is InChI=1S/C20H26FN3O3/c1-13-11-14(5-6-15(13)21)16-12-22-17(23-16)20(26)7-9-24(10-8-20)18(25)27-19(2,3)4/h5-6,11-12,26H,7-10H2,1-4H3,(H,22,23)/i26T.